The van der Waals surface area contributed by atoms with Crippen LogP contribution >= 0.6 is 11.3 Å². The predicted molar refractivity (Wildman–Crippen MR) is 82.0 cm³/mol. The van der Waals surface area contributed by atoms with Gasteiger partial charge in [-0.2, -0.15) is 0 Å². The van der Waals surface area contributed by atoms with Crippen LogP contribution in [0.1, 0.15) is 28.4 Å². The van der Waals surface area contributed by atoms with Gasteiger partial charge in [-0.25, -0.2) is 4.98 Å². The lowest BCUT2D eigenvalue weighted by atomic mass is 9.97. The number of para-hydroxylation sites is 1. The Balaban J connectivity index is 2.60. The Bertz CT molecular complexity index is 880. The average molecular weight is 283 g/mol. The van der Waals surface area contributed by atoms with E-state index in [0.717, 1.165) is 21.5 Å². The Morgan fingerprint density at radius 1 is 1.15 bits per heavy atom. The van der Waals surface area contributed by atoms with Gasteiger partial charge in [-0.3, -0.25) is 9.59 Å². The second kappa shape index (κ2) is 4.49. The van der Waals surface area contributed by atoms with Gasteiger partial charge in [-0.1, -0.05) is 12.1 Å². The lowest BCUT2D eigenvalue weighted by molar-refractivity contribution is 0.101. The highest BCUT2D eigenvalue weighted by Crippen LogP contribution is 2.35. The minimum Gasteiger partial charge on any atom is -0.294 e. The van der Waals surface area contributed by atoms with Crippen molar-refractivity contribution >= 4 is 27.3 Å². The molecule has 100 valence electrons. The number of ketones is 1. The number of aromatic nitrogens is 1. The van der Waals surface area contributed by atoms with Crippen molar-refractivity contribution in [1.29, 1.82) is 0 Å². The Kier molecular flexibility index (Phi) is 2.91. The topological polar surface area (TPSA) is 47.0 Å². The van der Waals surface area contributed by atoms with Gasteiger partial charge >= 0.3 is 0 Å². The number of hydrogen-bond donors (Lipinski definition) is 0. The highest BCUT2D eigenvalue weighted by atomic mass is 32.1. The van der Waals surface area contributed by atoms with E-state index in [1.807, 2.05) is 31.2 Å². The largest absolute Gasteiger partial charge is 0.294 e. The third-order valence-electron chi connectivity index (χ3n) is 3.59. The fourth-order valence-electron chi connectivity index (χ4n) is 2.35. The molecule has 0 unspecified atom stereocenters. The quantitative estimate of drug-likeness (QED) is 0.506. The first-order chi connectivity index (χ1) is 9.50. The van der Waals surface area contributed by atoms with Gasteiger partial charge in [0, 0.05) is 5.56 Å². The van der Waals surface area contributed by atoms with Crippen LogP contribution in [0.2, 0.25) is 0 Å². The highest BCUT2D eigenvalue weighted by Gasteiger charge is 2.23. The molecule has 0 saturated carbocycles. The fraction of sp³-hybridized carbons (Fsp3) is 0.188. The molecule has 0 atom stereocenters. The van der Waals surface area contributed by atoms with E-state index in [2.05, 4.69) is 4.98 Å². The predicted octanol–water partition coefficient (Wildman–Crippen LogP) is 3.58. The molecule has 3 nitrogen and oxygen atoms in total. The molecular formula is C16H13NO2S. The van der Waals surface area contributed by atoms with Crippen LogP contribution in [0.25, 0.3) is 20.8 Å². The average Bonchev–Trinajstić information content (AvgIpc) is 2.43. The van der Waals surface area contributed by atoms with Crippen molar-refractivity contribution in [2.45, 2.75) is 20.8 Å². The van der Waals surface area contributed by atoms with E-state index >= 15 is 0 Å². The van der Waals surface area contributed by atoms with Crippen LogP contribution in [-0.4, -0.2) is 10.8 Å². The number of carbonyl (C=O) groups excluding carboxylic acids is 1. The summed E-state index contributed by atoms with van der Waals surface area (Å²) in [5.41, 5.74) is 3.22. The minimum atomic E-state index is -0.198. The molecule has 4 heteroatoms. The molecular weight excluding hydrogens is 270 g/mol. The Morgan fingerprint density at radius 3 is 2.55 bits per heavy atom. The maximum Gasteiger partial charge on any atom is 0.194 e. The summed E-state index contributed by atoms with van der Waals surface area (Å²) in [4.78, 5) is 29.5. The van der Waals surface area contributed by atoms with Crippen LogP contribution in [0.5, 0.6) is 0 Å². The molecule has 0 saturated heterocycles. The van der Waals surface area contributed by atoms with Crippen molar-refractivity contribution in [3.8, 4) is 10.6 Å². The maximum atomic E-state index is 12.3. The van der Waals surface area contributed by atoms with Crippen LogP contribution in [0.4, 0.5) is 0 Å². The van der Waals surface area contributed by atoms with E-state index in [1.165, 1.54) is 18.3 Å². The number of carbonyl (C=O) groups is 1. The summed E-state index contributed by atoms with van der Waals surface area (Å²) in [6.07, 6.45) is 0. The molecule has 0 spiro atoms. The molecule has 0 bridgehead atoms. The minimum absolute atomic E-state index is 0.171. The van der Waals surface area contributed by atoms with Gasteiger partial charge in [0.25, 0.3) is 0 Å². The number of benzene rings is 2. The number of rotatable bonds is 1. The molecule has 1 aromatic rings. The van der Waals surface area contributed by atoms with Crippen LogP contribution < -0.4 is 5.43 Å². The van der Waals surface area contributed by atoms with E-state index in [-0.39, 0.29) is 16.8 Å². The molecule has 0 fully saturated rings. The van der Waals surface area contributed by atoms with Gasteiger partial charge in [0.05, 0.1) is 26.4 Å². The Hall–Kier alpha value is -2.07. The first-order valence-electron chi connectivity index (χ1n) is 6.34. The molecule has 3 rings (SSSR count). The van der Waals surface area contributed by atoms with Gasteiger partial charge in [0.15, 0.2) is 11.2 Å². The second-order valence-electron chi connectivity index (χ2n) is 4.87. The van der Waals surface area contributed by atoms with E-state index in [9.17, 15) is 9.59 Å². The number of fused-ring (bicyclic) bond motifs is 2. The van der Waals surface area contributed by atoms with Crippen molar-refractivity contribution in [1.82, 2.24) is 4.98 Å². The monoisotopic (exact) mass is 283 g/mol. The molecule has 2 aliphatic rings. The molecule has 0 radical (unpaired) electrons. The number of hydrogen-bond acceptors (Lipinski definition) is 4. The van der Waals surface area contributed by atoms with Gasteiger partial charge in [0.2, 0.25) is 0 Å². The third kappa shape index (κ3) is 1.76. The Labute approximate surface area is 120 Å². The van der Waals surface area contributed by atoms with Gasteiger partial charge in [0.1, 0.15) is 0 Å². The van der Waals surface area contributed by atoms with Crippen molar-refractivity contribution in [2.75, 3.05) is 0 Å². The third-order valence-corrected chi connectivity index (χ3v) is 4.76. The van der Waals surface area contributed by atoms with Crippen molar-refractivity contribution < 1.29 is 4.79 Å². The van der Waals surface area contributed by atoms with Crippen LogP contribution in [0, 0.1) is 13.8 Å². The molecule has 1 heterocycles. The summed E-state index contributed by atoms with van der Waals surface area (Å²) >= 11 is 1.46. The van der Waals surface area contributed by atoms with Gasteiger partial charge < -0.3 is 0 Å². The lowest BCUT2D eigenvalue weighted by Gasteiger charge is -2.14. The van der Waals surface area contributed by atoms with Gasteiger partial charge in [-0.05, 0) is 38.5 Å². The zero-order chi connectivity index (χ0) is 14.4. The van der Waals surface area contributed by atoms with Crippen molar-refractivity contribution in [2.24, 2.45) is 0 Å². The zero-order valence-electron chi connectivity index (χ0n) is 11.5. The van der Waals surface area contributed by atoms with E-state index in [4.69, 9.17) is 0 Å². The number of nitrogens with zero attached hydrogens (tertiary/aromatic N) is 1. The van der Waals surface area contributed by atoms with Gasteiger partial charge in [-0.15, -0.1) is 11.3 Å². The molecule has 1 aromatic carbocycles. The van der Waals surface area contributed by atoms with E-state index in [0.29, 0.717) is 10.4 Å². The molecule has 0 aromatic heterocycles. The summed E-state index contributed by atoms with van der Waals surface area (Å²) in [7, 11) is 0. The summed E-state index contributed by atoms with van der Waals surface area (Å²) in [5, 5.41) is 0. The summed E-state index contributed by atoms with van der Waals surface area (Å²) in [6.45, 7) is 5.08. The summed E-state index contributed by atoms with van der Waals surface area (Å²) in [5.74, 6) is -0.198. The fourth-order valence-corrected chi connectivity index (χ4v) is 3.57. The first-order valence-corrected chi connectivity index (χ1v) is 7.16. The summed E-state index contributed by atoms with van der Waals surface area (Å²) in [6, 6.07) is 7.76. The second-order valence-corrected chi connectivity index (χ2v) is 5.92. The summed E-state index contributed by atoms with van der Waals surface area (Å²) < 4.78 is 0.977. The first kappa shape index (κ1) is 12.9. The molecule has 0 amide bonds. The molecule has 1 aliphatic heterocycles. The van der Waals surface area contributed by atoms with Crippen LogP contribution in [-0.2, 0) is 0 Å². The number of Topliss-reactive ketones (excluding diaryl/α,β-unsaturated/α-hetero) is 1. The van der Waals surface area contributed by atoms with Crippen LogP contribution in [0.3, 0.4) is 0 Å². The van der Waals surface area contributed by atoms with Crippen molar-refractivity contribution in [3.63, 3.8) is 0 Å². The zero-order valence-corrected chi connectivity index (χ0v) is 12.3. The van der Waals surface area contributed by atoms with Crippen LogP contribution in [0.15, 0.2) is 29.1 Å². The molecule has 20 heavy (non-hydrogen) atoms. The smallest absolute Gasteiger partial charge is 0.194 e. The molecule has 0 N–H and O–H groups in total. The SMILES string of the molecule is CC(=O)c1c2sc3ccccc3nc-2c(C)c(C)c1=O. The standard InChI is InChI=1S/C16H13NO2S/c1-8-9(2)15(19)13(10(3)18)16-14(8)17-11-6-4-5-7-12(11)20-16/h4-7H,1-3H3. The normalized spacial score (nSPS) is 11.2. The lowest BCUT2D eigenvalue weighted by Crippen LogP contribution is -2.19. The Morgan fingerprint density at radius 2 is 1.85 bits per heavy atom. The van der Waals surface area contributed by atoms with Crippen molar-refractivity contribution in [3.05, 3.63) is 51.2 Å². The maximum absolute atomic E-state index is 12.3. The van der Waals surface area contributed by atoms with E-state index in [1.54, 1.807) is 6.92 Å². The highest BCUT2D eigenvalue weighted by molar-refractivity contribution is 7.21. The molecule has 1 aliphatic carbocycles. The van der Waals surface area contributed by atoms with E-state index < -0.39 is 0 Å².